The molecule has 0 spiro atoms. The molecule has 0 atom stereocenters. The Morgan fingerprint density at radius 3 is 2.56 bits per heavy atom. The fourth-order valence-electron chi connectivity index (χ4n) is 3.61. The molecule has 0 bridgehead atoms. The molecule has 2 aromatic carbocycles. The Labute approximate surface area is 161 Å². The van der Waals surface area contributed by atoms with Crippen molar-refractivity contribution in [2.45, 2.75) is 32.6 Å². The van der Waals surface area contributed by atoms with Crippen LogP contribution in [0.25, 0.3) is 0 Å². The molecule has 0 fully saturated rings. The molecule has 0 radical (unpaired) electrons. The summed E-state index contributed by atoms with van der Waals surface area (Å²) in [6, 6.07) is 15.4. The van der Waals surface area contributed by atoms with Crippen LogP contribution in [0.3, 0.4) is 0 Å². The van der Waals surface area contributed by atoms with Crippen molar-refractivity contribution in [2.75, 3.05) is 28.6 Å². The molecule has 0 saturated carbocycles. The van der Waals surface area contributed by atoms with E-state index >= 15 is 0 Å². The maximum Gasteiger partial charge on any atom is 0.232 e. The van der Waals surface area contributed by atoms with Gasteiger partial charge in [-0.1, -0.05) is 36.4 Å². The third kappa shape index (κ3) is 4.50. The molecule has 1 heterocycles. The summed E-state index contributed by atoms with van der Waals surface area (Å²) in [7, 11) is -3.40. The topological polar surface area (TPSA) is 57.7 Å². The number of rotatable bonds is 6. The first-order valence-electron chi connectivity index (χ1n) is 9.29. The summed E-state index contributed by atoms with van der Waals surface area (Å²) in [6.07, 6.45) is 3.98. The van der Waals surface area contributed by atoms with Crippen molar-refractivity contribution >= 4 is 27.3 Å². The summed E-state index contributed by atoms with van der Waals surface area (Å²) in [5.74, 6) is 0.0559. The second-order valence-corrected chi connectivity index (χ2v) is 8.91. The Morgan fingerprint density at radius 2 is 1.81 bits per heavy atom. The average molecular weight is 387 g/mol. The number of amides is 1. The quantitative estimate of drug-likeness (QED) is 0.763. The smallest absolute Gasteiger partial charge is 0.232 e. The molecular weight excluding hydrogens is 360 g/mol. The predicted octanol–water partition coefficient (Wildman–Crippen LogP) is 3.52. The van der Waals surface area contributed by atoms with Crippen molar-refractivity contribution in [1.82, 2.24) is 0 Å². The van der Waals surface area contributed by atoms with Gasteiger partial charge >= 0.3 is 0 Å². The largest absolute Gasteiger partial charge is 0.312 e. The van der Waals surface area contributed by atoms with Crippen LogP contribution in [0.1, 0.15) is 30.4 Å². The number of nitrogens with zero attached hydrogens (tertiary/aromatic N) is 2. The van der Waals surface area contributed by atoms with E-state index in [0.29, 0.717) is 25.1 Å². The van der Waals surface area contributed by atoms with E-state index in [4.69, 9.17) is 0 Å². The Kier molecular flexibility index (Phi) is 5.85. The number of para-hydroxylation sites is 2. The monoisotopic (exact) mass is 386 g/mol. The van der Waals surface area contributed by atoms with Crippen LogP contribution in [0.2, 0.25) is 0 Å². The minimum absolute atomic E-state index is 0.0559. The van der Waals surface area contributed by atoms with Crippen molar-refractivity contribution in [3.05, 3.63) is 59.7 Å². The fraction of sp³-hybridized carbons (Fsp3) is 0.381. The molecule has 27 heavy (non-hydrogen) atoms. The number of carbonyl (C=O) groups excluding carboxylic acids is 1. The van der Waals surface area contributed by atoms with Gasteiger partial charge in [-0.25, -0.2) is 8.42 Å². The molecule has 0 unspecified atom stereocenters. The van der Waals surface area contributed by atoms with Crippen LogP contribution in [-0.2, 0) is 21.2 Å². The Bertz CT molecular complexity index is 925. The van der Waals surface area contributed by atoms with Gasteiger partial charge in [-0.15, -0.1) is 0 Å². The van der Waals surface area contributed by atoms with E-state index in [-0.39, 0.29) is 5.91 Å². The summed E-state index contributed by atoms with van der Waals surface area (Å²) in [5, 5.41) is 0. The van der Waals surface area contributed by atoms with Gasteiger partial charge in [0.2, 0.25) is 15.9 Å². The first-order valence-corrected chi connectivity index (χ1v) is 11.1. The van der Waals surface area contributed by atoms with Gasteiger partial charge in [0.15, 0.2) is 0 Å². The molecule has 3 rings (SSSR count). The number of benzene rings is 2. The molecule has 1 aliphatic heterocycles. The van der Waals surface area contributed by atoms with E-state index in [9.17, 15) is 13.2 Å². The van der Waals surface area contributed by atoms with Gasteiger partial charge in [-0.3, -0.25) is 9.10 Å². The van der Waals surface area contributed by atoms with Crippen LogP contribution in [-0.4, -0.2) is 33.7 Å². The second-order valence-electron chi connectivity index (χ2n) is 7.00. The number of anilines is 2. The average Bonchev–Trinajstić information content (AvgIpc) is 2.64. The maximum absolute atomic E-state index is 12.8. The summed E-state index contributed by atoms with van der Waals surface area (Å²) in [4.78, 5) is 14.6. The van der Waals surface area contributed by atoms with Crippen molar-refractivity contribution in [3.8, 4) is 0 Å². The lowest BCUT2D eigenvalue weighted by molar-refractivity contribution is -0.118. The molecule has 5 nitrogen and oxygen atoms in total. The predicted molar refractivity (Wildman–Crippen MR) is 110 cm³/mol. The lowest BCUT2D eigenvalue weighted by Crippen LogP contribution is -2.36. The Morgan fingerprint density at radius 1 is 1.11 bits per heavy atom. The third-order valence-electron chi connectivity index (χ3n) is 4.95. The molecule has 6 heteroatoms. The number of sulfonamides is 1. The Hall–Kier alpha value is -2.34. The van der Waals surface area contributed by atoms with E-state index in [1.165, 1.54) is 16.1 Å². The fourth-order valence-corrected chi connectivity index (χ4v) is 4.63. The number of carbonyl (C=O) groups is 1. The zero-order valence-corrected chi connectivity index (χ0v) is 16.7. The highest BCUT2D eigenvalue weighted by Crippen LogP contribution is 2.28. The molecule has 144 valence electrons. The van der Waals surface area contributed by atoms with E-state index in [0.717, 1.165) is 30.6 Å². The standard InChI is InChI=1S/C21H26N2O3S/c1-17-9-3-5-12-19(17)23(27(2,25)26)16-8-14-21(24)22-15-7-11-18-10-4-6-13-20(18)22/h3-6,9-10,12-13H,7-8,11,14-16H2,1-2H3. The van der Waals surface area contributed by atoms with Gasteiger partial charge in [0.1, 0.15) is 0 Å². The summed E-state index contributed by atoms with van der Waals surface area (Å²) >= 11 is 0. The number of hydrogen-bond donors (Lipinski definition) is 0. The van der Waals surface area contributed by atoms with Gasteiger partial charge in [-0.2, -0.15) is 0 Å². The number of fused-ring (bicyclic) bond motifs is 1. The molecule has 0 aliphatic carbocycles. The van der Waals surface area contributed by atoms with Crippen molar-refractivity contribution in [3.63, 3.8) is 0 Å². The zero-order chi connectivity index (χ0) is 19.4. The minimum atomic E-state index is -3.40. The van der Waals surface area contributed by atoms with Gasteiger partial charge in [0.25, 0.3) is 0 Å². The summed E-state index contributed by atoms with van der Waals surface area (Å²) in [5.41, 5.74) is 3.78. The van der Waals surface area contributed by atoms with Crippen LogP contribution in [0.4, 0.5) is 11.4 Å². The van der Waals surface area contributed by atoms with Crippen molar-refractivity contribution in [2.24, 2.45) is 0 Å². The highest BCUT2D eigenvalue weighted by Gasteiger charge is 2.23. The van der Waals surface area contributed by atoms with E-state index < -0.39 is 10.0 Å². The lowest BCUT2D eigenvalue weighted by atomic mass is 10.0. The van der Waals surface area contributed by atoms with E-state index in [2.05, 4.69) is 6.07 Å². The minimum Gasteiger partial charge on any atom is -0.312 e. The van der Waals surface area contributed by atoms with Crippen LogP contribution in [0.5, 0.6) is 0 Å². The third-order valence-corrected chi connectivity index (χ3v) is 6.13. The van der Waals surface area contributed by atoms with Crippen LogP contribution < -0.4 is 9.21 Å². The highest BCUT2D eigenvalue weighted by atomic mass is 32.2. The molecule has 1 amide bonds. The molecular formula is C21H26N2O3S. The van der Waals surface area contributed by atoms with Crippen LogP contribution in [0, 0.1) is 6.92 Å². The van der Waals surface area contributed by atoms with Crippen molar-refractivity contribution in [1.29, 1.82) is 0 Å². The Balaban J connectivity index is 1.68. The van der Waals surface area contributed by atoms with E-state index in [1.54, 1.807) is 6.07 Å². The normalized spacial score (nSPS) is 13.9. The van der Waals surface area contributed by atoms with Gasteiger partial charge < -0.3 is 4.90 Å². The van der Waals surface area contributed by atoms with Crippen LogP contribution >= 0.6 is 0 Å². The van der Waals surface area contributed by atoms with E-state index in [1.807, 2.05) is 48.2 Å². The molecule has 0 aromatic heterocycles. The highest BCUT2D eigenvalue weighted by molar-refractivity contribution is 7.92. The van der Waals surface area contributed by atoms with Gasteiger partial charge in [0.05, 0.1) is 11.9 Å². The first-order chi connectivity index (χ1) is 12.9. The van der Waals surface area contributed by atoms with Gasteiger partial charge in [-0.05, 0) is 49.4 Å². The molecule has 1 aliphatic rings. The SMILES string of the molecule is Cc1ccccc1N(CCCC(=O)N1CCCc2ccccc21)S(C)(=O)=O. The summed E-state index contributed by atoms with van der Waals surface area (Å²) < 4.78 is 25.9. The molecule has 0 saturated heterocycles. The number of aryl methyl sites for hydroxylation is 2. The maximum atomic E-state index is 12.8. The first kappa shape index (κ1) is 19.4. The number of hydrogen-bond acceptors (Lipinski definition) is 3. The second kappa shape index (κ2) is 8.13. The van der Waals surface area contributed by atoms with Gasteiger partial charge in [0, 0.05) is 25.2 Å². The van der Waals surface area contributed by atoms with Crippen LogP contribution in [0.15, 0.2) is 48.5 Å². The van der Waals surface area contributed by atoms with Crippen molar-refractivity contribution < 1.29 is 13.2 Å². The summed E-state index contributed by atoms with van der Waals surface area (Å²) in [6.45, 7) is 2.91. The molecule has 2 aromatic rings. The zero-order valence-electron chi connectivity index (χ0n) is 15.9. The lowest BCUT2D eigenvalue weighted by Gasteiger charge is -2.30. The molecule has 0 N–H and O–H groups in total.